The Kier molecular flexibility index (Phi) is 4.04. The lowest BCUT2D eigenvalue weighted by molar-refractivity contribution is 0.266. The topological polar surface area (TPSA) is 68.5 Å². The second kappa shape index (κ2) is 6.14. The van der Waals surface area contributed by atoms with E-state index in [1.165, 1.54) is 6.07 Å². The van der Waals surface area contributed by atoms with E-state index in [1.54, 1.807) is 24.5 Å². The van der Waals surface area contributed by atoms with E-state index in [1.807, 2.05) is 6.92 Å². The summed E-state index contributed by atoms with van der Waals surface area (Å²) >= 11 is 3.08. The van der Waals surface area contributed by atoms with Gasteiger partial charge in [0.2, 0.25) is 0 Å². The first-order chi connectivity index (χ1) is 12.3. The molecule has 0 bridgehead atoms. The zero-order valence-corrected chi connectivity index (χ0v) is 15.9. The fourth-order valence-electron chi connectivity index (χ4n) is 2.92. The van der Waals surface area contributed by atoms with Gasteiger partial charge in [0.05, 0.1) is 12.0 Å². The van der Waals surface area contributed by atoms with Gasteiger partial charge in [-0.3, -0.25) is 4.72 Å². The van der Waals surface area contributed by atoms with Gasteiger partial charge in [-0.05, 0) is 58.7 Å². The van der Waals surface area contributed by atoms with Gasteiger partial charge in [0.25, 0.3) is 10.0 Å². The molecule has 0 unspecified atom stereocenters. The smallest absolute Gasteiger partial charge is 0.263 e. The van der Waals surface area contributed by atoms with Gasteiger partial charge in [-0.15, -0.1) is 0 Å². The van der Waals surface area contributed by atoms with Crippen molar-refractivity contribution in [1.29, 1.82) is 0 Å². The van der Waals surface area contributed by atoms with Crippen LogP contribution < -0.4 is 9.46 Å². The molecule has 0 spiro atoms. The van der Waals surface area contributed by atoms with Crippen molar-refractivity contribution in [3.8, 4) is 16.9 Å². The summed E-state index contributed by atoms with van der Waals surface area (Å²) in [7, 11) is -3.88. The van der Waals surface area contributed by atoms with Crippen LogP contribution in [-0.2, 0) is 16.6 Å². The average molecular weight is 438 g/mol. The first kappa shape index (κ1) is 17.1. The van der Waals surface area contributed by atoms with E-state index in [9.17, 15) is 12.8 Å². The van der Waals surface area contributed by atoms with Crippen molar-refractivity contribution in [1.82, 2.24) is 0 Å². The maximum Gasteiger partial charge on any atom is 0.263 e. The van der Waals surface area contributed by atoms with Gasteiger partial charge in [-0.1, -0.05) is 0 Å². The highest BCUT2D eigenvalue weighted by atomic mass is 79.9. The Balaban J connectivity index is 1.69. The maximum atomic E-state index is 13.2. The van der Waals surface area contributed by atoms with Crippen LogP contribution in [-0.4, -0.2) is 8.42 Å². The molecule has 4 rings (SSSR count). The number of halogens is 2. The second-order valence-corrected chi connectivity index (χ2v) is 8.40. The predicted octanol–water partition coefficient (Wildman–Crippen LogP) is 4.85. The Labute approximate surface area is 158 Å². The highest BCUT2D eigenvalue weighted by Gasteiger charge is 2.24. The van der Waals surface area contributed by atoms with Crippen LogP contribution >= 0.6 is 15.9 Å². The molecule has 0 atom stereocenters. The minimum absolute atomic E-state index is 0.0505. The average Bonchev–Trinajstić information content (AvgIpc) is 2.95. The quantitative estimate of drug-likeness (QED) is 0.635. The number of anilines is 1. The summed E-state index contributed by atoms with van der Waals surface area (Å²) in [5.74, 6) is 0.795. The highest BCUT2D eigenvalue weighted by molar-refractivity contribution is 9.10. The number of rotatable bonds is 3. The van der Waals surface area contributed by atoms with Crippen molar-refractivity contribution in [3.63, 3.8) is 0 Å². The Morgan fingerprint density at radius 1 is 1.19 bits per heavy atom. The third-order valence-corrected chi connectivity index (χ3v) is 6.45. The number of aryl methyl sites for hydroxylation is 1. The zero-order valence-electron chi connectivity index (χ0n) is 13.5. The standard InChI is InChI=1S/C18H13BrFNO4S/c1-10-8-24-16-9-25-15-7-12(3-4-13(15)18(10)16)21-26(22,23)17-5-2-11(20)6-14(17)19/h2-8,21H,9H2,1H3. The van der Waals surface area contributed by atoms with Crippen molar-refractivity contribution in [3.05, 3.63) is 64.3 Å². The second-order valence-electron chi connectivity index (χ2n) is 5.90. The van der Waals surface area contributed by atoms with Crippen LogP contribution in [0.15, 0.2) is 56.4 Å². The molecule has 134 valence electrons. The molecule has 26 heavy (non-hydrogen) atoms. The number of furan rings is 1. The molecule has 3 aromatic rings. The van der Waals surface area contributed by atoms with Crippen molar-refractivity contribution >= 4 is 31.6 Å². The third kappa shape index (κ3) is 2.89. The zero-order chi connectivity index (χ0) is 18.5. The van der Waals surface area contributed by atoms with Crippen LogP contribution in [0.25, 0.3) is 11.1 Å². The van der Waals surface area contributed by atoms with Crippen LogP contribution in [0.5, 0.6) is 5.75 Å². The van der Waals surface area contributed by atoms with Gasteiger partial charge < -0.3 is 9.15 Å². The van der Waals surface area contributed by atoms with E-state index in [2.05, 4.69) is 20.7 Å². The van der Waals surface area contributed by atoms with Crippen molar-refractivity contribution in [2.45, 2.75) is 18.4 Å². The number of benzene rings is 2. The maximum absolute atomic E-state index is 13.2. The highest BCUT2D eigenvalue weighted by Crippen LogP contribution is 2.42. The van der Waals surface area contributed by atoms with Crippen molar-refractivity contribution < 1.29 is 22.0 Å². The molecular formula is C18H13BrFNO4S. The van der Waals surface area contributed by atoms with E-state index >= 15 is 0 Å². The number of hydrogen-bond donors (Lipinski definition) is 1. The predicted molar refractivity (Wildman–Crippen MR) is 98.1 cm³/mol. The molecule has 0 saturated heterocycles. The SMILES string of the molecule is Cc1coc2c1-c1ccc(NS(=O)(=O)c3ccc(F)cc3Br)cc1OC2. The van der Waals surface area contributed by atoms with E-state index in [0.29, 0.717) is 11.4 Å². The molecule has 0 radical (unpaired) electrons. The molecule has 0 amide bonds. The molecular weight excluding hydrogens is 425 g/mol. The van der Waals surface area contributed by atoms with Gasteiger partial charge in [0.1, 0.15) is 28.8 Å². The van der Waals surface area contributed by atoms with Gasteiger partial charge in [-0.25, -0.2) is 12.8 Å². The summed E-state index contributed by atoms with van der Waals surface area (Å²) < 4.78 is 52.2. The molecule has 0 saturated carbocycles. The summed E-state index contributed by atoms with van der Waals surface area (Å²) in [5, 5.41) is 0. The van der Waals surface area contributed by atoms with Crippen molar-refractivity contribution in [2.75, 3.05) is 4.72 Å². The van der Waals surface area contributed by atoms with Gasteiger partial charge in [-0.2, -0.15) is 0 Å². The van der Waals surface area contributed by atoms with Gasteiger partial charge >= 0.3 is 0 Å². The summed E-state index contributed by atoms with van der Waals surface area (Å²) in [5.41, 5.74) is 3.17. The fourth-order valence-corrected chi connectivity index (χ4v) is 5.02. The van der Waals surface area contributed by atoms with Crippen LogP contribution in [0.4, 0.5) is 10.1 Å². The number of hydrogen-bond acceptors (Lipinski definition) is 4. The van der Waals surface area contributed by atoms with E-state index < -0.39 is 15.8 Å². The Hall–Kier alpha value is -2.32. The molecule has 2 aromatic carbocycles. The molecule has 2 heterocycles. The number of nitrogens with one attached hydrogen (secondary N) is 1. The monoisotopic (exact) mass is 437 g/mol. The van der Waals surface area contributed by atoms with Crippen LogP contribution in [0.2, 0.25) is 0 Å². The summed E-state index contributed by atoms with van der Waals surface area (Å²) in [6.07, 6.45) is 1.67. The Morgan fingerprint density at radius 2 is 2.00 bits per heavy atom. The summed E-state index contributed by atoms with van der Waals surface area (Å²) in [4.78, 5) is -0.0505. The largest absolute Gasteiger partial charge is 0.485 e. The molecule has 1 aliphatic rings. The van der Waals surface area contributed by atoms with E-state index in [-0.39, 0.29) is 16.0 Å². The first-order valence-electron chi connectivity index (χ1n) is 7.67. The number of sulfonamides is 1. The number of ether oxygens (including phenoxy) is 1. The van der Waals surface area contributed by atoms with Crippen LogP contribution in [0.1, 0.15) is 11.3 Å². The van der Waals surface area contributed by atoms with Crippen molar-refractivity contribution in [2.24, 2.45) is 0 Å². The Morgan fingerprint density at radius 3 is 2.77 bits per heavy atom. The third-order valence-electron chi connectivity index (χ3n) is 4.10. The lowest BCUT2D eigenvalue weighted by atomic mass is 9.99. The minimum atomic E-state index is -3.88. The van der Waals surface area contributed by atoms with Crippen LogP contribution in [0, 0.1) is 12.7 Å². The fraction of sp³-hybridized carbons (Fsp3) is 0.111. The van der Waals surface area contributed by atoms with E-state index in [0.717, 1.165) is 34.6 Å². The molecule has 0 aliphatic carbocycles. The molecule has 5 nitrogen and oxygen atoms in total. The molecule has 8 heteroatoms. The molecule has 1 aliphatic heterocycles. The lowest BCUT2D eigenvalue weighted by Crippen LogP contribution is -2.14. The molecule has 0 fully saturated rings. The van der Waals surface area contributed by atoms with Crippen LogP contribution in [0.3, 0.4) is 0 Å². The van der Waals surface area contributed by atoms with Gasteiger partial charge in [0.15, 0.2) is 0 Å². The first-order valence-corrected chi connectivity index (χ1v) is 9.95. The number of fused-ring (bicyclic) bond motifs is 3. The Bertz CT molecular complexity index is 1120. The van der Waals surface area contributed by atoms with Gasteiger partial charge in [0, 0.05) is 21.7 Å². The summed E-state index contributed by atoms with van der Waals surface area (Å²) in [6.45, 7) is 2.23. The minimum Gasteiger partial charge on any atom is -0.485 e. The normalized spacial score (nSPS) is 12.9. The lowest BCUT2D eigenvalue weighted by Gasteiger charge is -2.19. The summed E-state index contributed by atoms with van der Waals surface area (Å²) in [6, 6.07) is 8.47. The van der Waals surface area contributed by atoms with E-state index in [4.69, 9.17) is 9.15 Å². The molecule has 1 N–H and O–H groups in total. The molecule has 1 aromatic heterocycles.